The van der Waals surface area contributed by atoms with Crippen molar-refractivity contribution < 1.29 is 4.79 Å². The van der Waals surface area contributed by atoms with Gasteiger partial charge in [-0.1, -0.05) is 80.5 Å². The Morgan fingerprint density at radius 2 is 1.81 bits per heavy atom. The number of Topliss-reactive ketones (excluding diaryl/α,β-unsaturated/α-hetero) is 1. The zero-order chi connectivity index (χ0) is 19.3. The molecular formula is C24H24ClNO. The van der Waals surface area contributed by atoms with Gasteiger partial charge in [0.2, 0.25) is 5.78 Å². The fourth-order valence-corrected chi connectivity index (χ4v) is 3.39. The molecule has 0 amide bonds. The van der Waals surface area contributed by atoms with Crippen molar-refractivity contribution >= 4 is 23.1 Å². The second-order valence-corrected chi connectivity index (χ2v) is 7.47. The standard InChI is InChI=1S/C24H24ClNO/c1-3-4-5-8-17-24(23(26-24)20-11-14-21(25)15-12-20)22(27)16-13-19-10-7-6-9-18(19)2/h6-7,9-12,14-15H,3-5,8,17H2,1-2H3. The molecule has 0 N–H and O–H groups in total. The van der Waals surface area contributed by atoms with Gasteiger partial charge in [0.1, 0.15) is 0 Å². The van der Waals surface area contributed by atoms with Gasteiger partial charge in [0, 0.05) is 10.6 Å². The second-order valence-electron chi connectivity index (χ2n) is 7.03. The van der Waals surface area contributed by atoms with Gasteiger partial charge in [-0.3, -0.25) is 9.79 Å². The van der Waals surface area contributed by atoms with Gasteiger partial charge in [0.05, 0.1) is 5.71 Å². The zero-order valence-electron chi connectivity index (χ0n) is 15.9. The lowest BCUT2D eigenvalue weighted by atomic mass is 9.88. The minimum atomic E-state index is -0.767. The van der Waals surface area contributed by atoms with Crippen molar-refractivity contribution in [2.45, 2.75) is 51.5 Å². The Labute approximate surface area is 166 Å². The summed E-state index contributed by atoms with van der Waals surface area (Å²) in [5.74, 6) is 5.81. The number of carbonyl (C=O) groups excluding carboxylic acids is 1. The summed E-state index contributed by atoms with van der Waals surface area (Å²) in [5, 5.41) is 0.680. The molecule has 1 unspecified atom stereocenters. The number of ketones is 1. The molecule has 0 saturated carbocycles. The Kier molecular flexibility index (Phi) is 6.14. The molecule has 3 heteroatoms. The summed E-state index contributed by atoms with van der Waals surface area (Å²) in [4.78, 5) is 17.7. The summed E-state index contributed by atoms with van der Waals surface area (Å²) >= 11 is 5.99. The lowest BCUT2D eigenvalue weighted by molar-refractivity contribution is -0.115. The molecule has 0 spiro atoms. The van der Waals surface area contributed by atoms with E-state index in [4.69, 9.17) is 11.6 Å². The monoisotopic (exact) mass is 377 g/mol. The zero-order valence-corrected chi connectivity index (χ0v) is 16.6. The van der Waals surface area contributed by atoms with E-state index in [0.29, 0.717) is 5.02 Å². The Morgan fingerprint density at radius 3 is 2.52 bits per heavy atom. The molecule has 0 radical (unpaired) electrons. The lowest BCUT2D eigenvalue weighted by Gasteiger charge is -2.11. The predicted molar refractivity (Wildman–Crippen MR) is 113 cm³/mol. The number of aryl methyl sites for hydroxylation is 1. The van der Waals surface area contributed by atoms with Gasteiger partial charge in [0.25, 0.3) is 0 Å². The highest BCUT2D eigenvalue weighted by atomic mass is 35.5. The number of hydrogen-bond acceptors (Lipinski definition) is 2. The second kappa shape index (κ2) is 8.55. The van der Waals surface area contributed by atoms with Gasteiger partial charge in [-0.15, -0.1) is 0 Å². The Balaban J connectivity index is 1.80. The summed E-state index contributed by atoms with van der Waals surface area (Å²) in [6.07, 6.45) is 5.16. The third-order valence-corrected chi connectivity index (χ3v) is 5.24. The van der Waals surface area contributed by atoms with Crippen LogP contribution in [0.25, 0.3) is 0 Å². The van der Waals surface area contributed by atoms with E-state index in [1.807, 2.05) is 55.5 Å². The predicted octanol–water partition coefficient (Wildman–Crippen LogP) is 5.78. The van der Waals surface area contributed by atoms with Crippen LogP contribution in [0.3, 0.4) is 0 Å². The van der Waals surface area contributed by atoms with Crippen molar-refractivity contribution in [1.82, 2.24) is 0 Å². The van der Waals surface area contributed by atoms with Gasteiger partial charge < -0.3 is 0 Å². The van der Waals surface area contributed by atoms with Crippen LogP contribution in [0, 0.1) is 18.8 Å². The van der Waals surface area contributed by atoms with Gasteiger partial charge in [-0.25, -0.2) is 0 Å². The number of halogens is 1. The van der Waals surface area contributed by atoms with E-state index in [1.54, 1.807) is 0 Å². The molecule has 0 aliphatic carbocycles. The van der Waals surface area contributed by atoms with Gasteiger partial charge in [-0.05, 0) is 48.6 Å². The molecule has 0 fully saturated rings. The summed E-state index contributed by atoms with van der Waals surface area (Å²) in [6, 6.07) is 15.4. The molecule has 2 nitrogen and oxygen atoms in total. The summed E-state index contributed by atoms with van der Waals surface area (Å²) in [6.45, 7) is 4.18. The molecule has 1 aliphatic heterocycles. The SMILES string of the molecule is CCCCCCC1(C(=O)C#Cc2ccccc2C)N=C1c1ccc(Cl)cc1. The Morgan fingerprint density at radius 1 is 1.07 bits per heavy atom. The van der Waals surface area contributed by atoms with Gasteiger partial charge in [-0.2, -0.15) is 0 Å². The maximum Gasteiger partial charge on any atom is 0.239 e. The molecule has 0 bridgehead atoms. The van der Waals surface area contributed by atoms with Crippen LogP contribution in [0.2, 0.25) is 5.02 Å². The fourth-order valence-electron chi connectivity index (χ4n) is 3.27. The summed E-state index contributed by atoms with van der Waals surface area (Å²) in [7, 11) is 0. The first-order valence-electron chi connectivity index (χ1n) is 9.55. The smallest absolute Gasteiger partial charge is 0.239 e. The summed E-state index contributed by atoms with van der Waals surface area (Å²) < 4.78 is 0. The van der Waals surface area contributed by atoms with E-state index in [-0.39, 0.29) is 5.78 Å². The highest BCUT2D eigenvalue weighted by Gasteiger charge is 2.53. The van der Waals surface area contributed by atoms with Crippen LogP contribution in [0.15, 0.2) is 53.5 Å². The van der Waals surface area contributed by atoms with E-state index in [9.17, 15) is 4.79 Å². The van der Waals surface area contributed by atoms with Crippen molar-refractivity contribution in [2.24, 2.45) is 4.99 Å². The number of carbonyl (C=O) groups is 1. The van der Waals surface area contributed by atoms with E-state index >= 15 is 0 Å². The highest BCUT2D eigenvalue weighted by Crippen LogP contribution is 2.38. The first-order chi connectivity index (χ1) is 13.1. The van der Waals surface area contributed by atoms with Gasteiger partial charge in [0.15, 0.2) is 5.54 Å². The third-order valence-electron chi connectivity index (χ3n) is 4.99. The Bertz CT molecular complexity index is 917. The van der Waals surface area contributed by atoms with E-state index < -0.39 is 5.54 Å². The molecule has 0 aromatic heterocycles. The van der Waals surface area contributed by atoms with Crippen LogP contribution < -0.4 is 0 Å². The average molecular weight is 378 g/mol. The van der Waals surface area contributed by atoms with E-state index in [0.717, 1.165) is 41.7 Å². The molecular weight excluding hydrogens is 354 g/mol. The normalized spacial score (nSPS) is 17.7. The number of aliphatic imine (C=N–C) groups is 1. The maximum absolute atomic E-state index is 13.0. The van der Waals surface area contributed by atoms with Crippen molar-refractivity contribution in [2.75, 3.05) is 0 Å². The molecule has 1 heterocycles. The molecule has 2 aromatic carbocycles. The largest absolute Gasteiger partial charge is 0.282 e. The van der Waals surface area contributed by atoms with Crippen LogP contribution in [-0.2, 0) is 4.79 Å². The number of unbranched alkanes of at least 4 members (excludes halogenated alkanes) is 3. The molecule has 0 saturated heterocycles. The minimum Gasteiger partial charge on any atom is -0.282 e. The van der Waals surface area contributed by atoms with Crippen LogP contribution >= 0.6 is 11.6 Å². The quantitative estimate of drug-likeness (QED) is 0.444. The highest BCUT2D eigenvalue weighted by molar-refractivity contribution is 6.34. The average Bonchev–Trinajstić information content (AvgIpc) is 3.41. The van der Waals surface area contributed by atoms with Crippen LogP contribution in [0.5, 0.6) is 0 Å². The third kappa shape index (κ3) is 4.49. The van der Waals surface area contributed by atoms with Crippen LogP contribution in [0.4, 0.5) is 0 Å². The topological polar surface area (TPSA) is 29.4 Å². The molecule has 1 atom stereocenters. The molecule has 138 valence electrons. The number of rotatable bonds is 7. The first kappa shape index (κ1) is 19.4. The van der Waals surface area contributed by atoms with Crippen molar-refractivity contribution in [1.29, 1.82) is 0 Å². The number of benzene rings is 2. The first-order valence-corrected chi connectivity index (χ1v) is 9.93. The van der Waals surface area contributed by atoms with Crippen molar-refractivity contribution in [3.8, 4) is 11.8 Å². The maximum atomic E-state index is 13.0. The summed E-state index contributed by atoms with van der Waals surface area (Å²) in [5.41, 5.74) is 3.00. The Hall–Kier alpha value is -2.37. The number of hydrogen-bond donors (Lipinski definition) is 0. The van der Waals surface area contributed by atoms with Crippen molar-refractivity contribution in [3.63, 3.8) is 0 Å². The molecule has 3 rings (SSSR count). The van der Waals surface area contributed by atoms with Crippen LogP contribution in [0.1, 0.15) is 55.7 Å². The molecule has 27 heavy (non-hydrogen) atoms. The lowest BCUT2D eigenvalue weighted by Crippen LogP contribution is -2.30. The van der Waals surface area contributed by atoms with Crippen LogP contribution in [-0.4, -0.2) is 17.0 Å². The van der Waals surface area contributed by atoms with E-state index in [1.165, 1.54) is 12.8 Å². The van der Waals surface area contributed by atoms with Crippen molar-refractivity contribution in [3.05, 3.63) is 70.2 Å². The number of nitrogens with zero attached hydrogens (tertiary/aromatic N) is 1. The molecule has 2 aromatic rings. The van der Waals surface area contributed by atoms with E-state index in [2.05, 4.69) is 23.8 Å². The molecule has 1 aliphatic rings. The van der Waals surface area contributed by atoms with Gasteiger partial charge >= 0.3 is 0 Å². The fraction of sp³-hybridized carbons (Fsp3) is 0.333. The minimum absolute atomic E-state index is 0.104.